The largest absolute Gasteiger partial charge is 0.342 e. The number of nitrogens with zero attached hydrogens (tertiary/aromatic N) is 3. The van der Waals surface area contributed by atoms with Gasteiger partial charge in [-0.15, -0.1) is 11.3 Å². The first-order chi connectivity index (χ1) is 9.10. The van der Waals surface area contributed by atoms with Gasteiger partial charge in [0.1, 0.15) is 0 Å². The topological polar surface area (TPSA) is 53.5 Å². The number of aryl methyl sites for hydroxylation is 3. The lowest BCUT2D eigenvalue weighted by Gasteiger charge is -2.32. The van der Waals surface area contributed by atoms with Gasteiger partial charge in [-0.3, -0.25) is 9.59 Å². The van der Waals surface area contributed by atoms with Crippen LogP contribution in [0.2, 0.25) is 0 Å². The van der Waals surface area contributed by atoms with Crippen molar-refractivity contribution in [2.45, 2.75) is 26.7 Å². The number of hydrogen-bond donors (Lipinski definition) is 0. The Bertz CT molecular complexity index is 445. The zero-order valence-electron chi connectivity index (χ0n) is 11.4. The summed E-state index contributed by atoms with van der Waals surface area (Å²) < 4.78 is 0. The van der Waals surface area contributed by atoms with Crippen molar-refractivity contribution in [1.29, 1.82) is 0 Å². The predicted molar refractivity (Wildman–Crippen MR) is 74.1 cm³/mol. The molecule has 0 aliphatic carbocycles. The molecule has 1 aliphatic rings. The molecule has 5 nitrogen and oxygen atoms in total. The predicted octanol–water partition coefficient (Wildman–Crippen LogP) is 0.993. The molecule has 0 N–H and O–H groups in total. The maximum Gasteiger partial charge on any atom is 0.223 e. The molecule has 1 aliphatic heterocycles. The number of piperazine rings is 1. The van der Waals surface area contributed by atoms with E-state index in [1.54, 1.807) is 16.2 Å². The Morgan fingerprint density at radius 3 is 2.53 bits per heavy atom. The fourth-order valence-corrected chi connectivity index (χ4v) is 3.03. The Hall–Kier alpha value is -1.43. The van der Waals surface area contributed by atoms with Crippen LogP contribution >= 0.6 is 11.3 Å². The molecule has 0 aromatic carbocycles. The van der Waals surface area contributed by atoms with E-state index in [1.807, 2.05) is 11.8 Å². The number of hydrogen-bond acceptors (Lipinski definition) is 4. The number of carbonyl (C=O) groups is 2. The standard InChI is InChI=1S/C13H19N3O2S/c1-10-11(2)19-12(14-10)3-4-13(18)16-7-5-15(9-17)6-8-16/h9H,3-8H2,1-2H3. The molecule has 1 saturated heterocycles. The monoisotopic (exact) mass is 281 g/mol. The van der Waals surface area contributed by atoms with E-state index in [0.29, 0.717) is 39.0 Å². The van der Waals surface area contributed by atoms with Crippen molar-refractivity contribution in [3.8, 4) is 0 Å². The Labute approximate surface area is 117 Å². The fourth-order valence-electron chi connectivity index (χ4n) is 2.09. The van der Waals surface area contributed by atoms with Crippen LogP contribution in [0.1, 0.15) is 22.0 Å². The van der Waals surface area contributed by atoms with Crippen LogP contribution in [0, 0.1) is 13.8 Å². The molecule has 0 spiro atoms. The van der Waals surface area contributed by atoms with Gasteiger partial charge in [0, 0.05) is 43.9 Å². The van der Waals surface area contributed by atoms with Crippen molar-refractivity contribution in [2.24, 2.45) is 0 Å². The molecule has 1 aromatic rings. The summed E-state index contributed by atoms with van der Waals surface area (Å²) in [6.45, 7) is 6.63. The van der Waals surface area contributed by atoms with Crippen molar-refractivity contribution >= 4 is 23.7 Å². The van der Waals surface area contributed by atoms with E-state index in [9.17, 15) is 9.59 Å². The minimum absolute atomic E-state index is 0.163. The number of amides is 2. The Balaban J connectivity index is 1.80. The van der Waals surface area contributed by atoms with Gasteiger partial charge in [0.15, 0.2) is 0 Å². The molecule has 0 bridgehead atoms. The third-order valence-corrected chi connectivity index (χ3v) is 4.57. The molecule has 0 atom stereocenters. The van der Waals surface area contributed by atoms with E-state index in [-0.39, 0.29) is 5.91 Å². The van der Waals surface area contributed by atoms with E-state index in [2.05, 4.69) is 11.9 Å². The van der Waals surface area contributed by atoms with E-state index in [1.165, 1.54) is 4.88 Å². The minimum Gasteiger partial charge on any atom is -0.342 e. The van der Waals surface area contributed by atoms with Gasteiger partial charge in [-0.05, 0) is 13.8 Å². The quantitative estimate of drug-likeness (QED) is 0.774. The number of rotatable bonds is 4. The van der Waals surface area contributed by atoms with Crippen LogP contribution in [-0.4, -0.2) is 53.3 Å². The van der Waals surface area contributed by atoms with E-state index in [4.69, 9.17) is 0 Å². The van der Waals surface area contributed by atoms with Crippen LogP contribution in [-0.2, 0) is 16.0 Å². The molecule has 1 fully saturated rings. The summed E-state index contributed by atoms with van der Waals surface area (Å²) in [4.78, 5) is 31.9. The van der Waals surface area contributed by atoms with Crippen LogP contribution in [0.3, 0.4) is 0 Å². The molecule has 19 heavy (non-hydrogen) atoms. The van der Waals surface area contributed by atoms with Gasteiger partial charge >= 0.3 is 0 Å². The lowest BCUT2D eigenvalue weighted by molar-refractivity contribution is -0.135. The zero-order valence-corrected chi connectivity index (χ0v) is 12.2. The Morgan fingerprint density at radius 1 is 1.32 bits per heavy atom. The van der Waals surface area contributed by atoms with Gasteiger partial charge in [-0.1, -0.05) is 0 Å². The Kier molecular flexibility index (Phi) is 4.52. The van der Waals surface area contributed by atoms with Crippen molar-refractivity contribution in [3.63, 3.8) is 0 Å². The summed E-state index contributed by atoms with van der Waals surface area (Å²) >= 11 is 1.67. The van der Waals surface area contributed by atoms with Crippen LogP contribution in [0.15, 0.2) is 0 Å². The van der Waals surface area contributed by atoms with E-state index >= 15 is 0 Å². The molecule has 0 unspecified atom stereocenters. The number of aromatic nitrogens is 1. The smallest absolute Gasteiger partial charge is 0.223 e. The van der Waals surface area contributed by atoms with Crippen LogP contribution in [0.5, 0.6) is 0 Å². The van der Waals surface area contributed by atoms with Crippen molar-refractivity contribution in [2.75, 3.05) is 26.2 Å². The van der Waals surface area contributed by atoms with Gasteiger partial charge in [0.25, 0.3) is 0 Å². The highest BCUT2D eigenvalue weighted by Gasteiger charge is 2.20. The molecule has 2 heterocycles. The highest BCUT2D eigenvalue weighted by atomic mass is 32.1. The van der Waals surface area contributed by atoms with Gasteiger partial charge in [-0.2, -0.15) is 0 Å². The second-order valence-corrected chi connectivity index (χ2v) is 6.06. The normalized spacial score (nSPS) is 15.7. The number of carbonyl (C=O) groups excluding carboxylic acids is 2. The summed E-state index contributed by atoms with van der Waals surface area (Å²) in [7, 11) is 0. The molecule has 104 valence electrons. The SMILES string of the molecule is Cc1nc(CCC(=O)N2CCN(C=O)CC2)sc1C. The molecule has 2 rings (SSSR count). The summed E-state index contributed by atoms with van der Waals surface area (Å²) in [5, 5.41) is 1.04. The molecule has 2 amide bonds. The summed E-state index contributed by atoms with van der Waals surface area (Å²) in [5.74, 6) is 0.163. The molecule has 0 radical (unpaired) electrons. The lowest BCUT2D eigenvalue weighted by atomic mass is 10.2. The highest BCUT2D eigenvalue weighted by Crippen LogP contribution is 2.18. The third-order valence-electron chi connectivity index (χ3n) is 3.44. The summed E-state index contributed by atoms with van der Waals surface area (Å²) in [6, 6.07) is 0. The molecule has 0 saturated carbocycles. The second kappa shape index (κ2) is 6.14. The van der Waals surface area contributed by atoms with Crippen molar-refractivity contribution in [3.05, 3.63) is 15.6 Å². The maximum atomic E-state index is 12.1. The minimum atomic E-state index is 0.163. The van der Waals surface area contributed by atoms with Gasteiger partial charge < -0.3 is 9.80 Å². The zero-order chi connectivity index (χ0) is 13.8. The first kappa shape index (κ1) is 14.0. The van der Waals surface area contributed by atoms with Crippen LogP contribution in [0.25, 0.3) is 0 Å². The van der Waals surface area contributed by atoms with Gasteiger partial charge in [-0.25, -0.2) is 4.98 Å². The molecular weight excluding hydrogens is 262 g/mol. The Morgan fingerprint density at radius 2 is 2.00 bits per heavy atom. The van der Waals surface area contributed by atoms with Crippen molar-refractivity contribution in [1.82, 2.24) is 14.8 Å². The average Bonchev–Trinajstić information content (AvgIpc) is 2.75. The average molecular weight is 281 g/mol. The highest BCUT2D eigenvalue weighted by molar-refractivity contribution is 7.11. The van der Waals surface area contributed by atoms with Crippen LogP contribution < -0.4 is 0 Å². The third kappa shape index (κ3) is 3.53. The fraction of sp³-hybridized carbons (Fsp3) is 0.615. The van der Waals surface area contributed by atoms with Crippen molar-refractivity contribution < 1.29 is 9.59 Å². The van der Waals surface area contributed by atoms with Gasteiger partial charge in [0.05, 0.1) is 10.7 Å². The molecule has 6 heteroatoms. The lowest BCUT2D eigenvalue weighted by Crippen LogP contribution is -2.48. The first-order valence-corrected chi connectivity index (χ1v) is 7.32. The number of thiazole rings is 1. The maximum absolute atomic E-state index is 12.1. The molecule has 1 aromatic heterocycles. The second-order valence-electron chi connectivity index (χ2n) is 4.77. The summed E-state index contributed by atoms with van der Waals surface area (Å²) in [5.41, 5.74) is 1.06. The van der Waals surface area contributed by atoms with E-state index < -0.39 is 0 Å². The van der Waals surface area contributed by atoms with Crippen LogP contribution in [0.4, 0.5) is 0 Å². The van der Waals surface area contributed by atoms with E-state index in [0.717, 1.165) is 17.1 Å². The first-order valence-electron chi connectivity index (χ1n) is 6.50. The molecular formula is C13H19N3O2S. The van der Waals surface area contributed by atoms with Gasteiger partial charge in [0.2, 0.25) is 12.3 Å². The summed E-state index contributed by atoms with van der Waals surface area (Å²) in [6.07, 6.45) is 2.07.